The molecule has 0 unspecified atom stereocenters. The van der Waals surface area contributed by atoms with Gasteiger partial charge >= 0.3 is 0 Å². The summed E-state index contributed by atoms with van der Waals surface area (Å²) in [5, 5.41) is 3.05. The summed E-state index contributed by atoms with van der Waals surface area (Å²) in [6.45, 7) is 0. The SMILES string of the molecule is Clc1ccc2c(c1)Oc1ccc(-c3ccccc3)c3cccc-2c13. The van der Waals surface area contributed by atoms with Gasteiger partial charge in [-0.2, -0.15) is 0 Å². The Hall–Kier alpha value is -2.77. The zero-order valence-corrected chi connectivity index (χ0v) is 13.5. The summed E-state index contributed by atoms with van der Waals surface area (Å²) in [5.41, 5.74) is 4.71. The fourth-order valence-corrected chi connectivity index (χ4v) is 3.64. The molecule has 0 saturated carbocycles. The van der Waals surface area contributed by atoms with Gasteiger partial charge in [0.1, 0.15) is 11.5 Å². The van der Waals surface area contributed by atoms with Crippen LogP contribution in [0.5, 0.6) is 11.5 Å². The van der Waals surface area contributed by atoms with E-state index in [4.69, 9.17) is 16.3 Å². The summed E-state index contributed by atoms with van der Waals surface area (Å²) in [7, 11) is 0. The van der Waals surface area contributed by atoms with Gasteiger partial charge in [0.05, 0.1) is 0 Å². The monoisotopic (exact) mass is 328 g/mol. The molecule has 1 nitrogen and oxygen atoms in total. The maximum absolute atomic E-state index is 6.14. The molecule has 114 valence electrons. The average Bonchev–Trinajstić information content (AvgIpc) is 2.62. The Balaban J connectivity index is 1.86. The smallest absolute Gasteiger partial charge is 0.136 e. The van der Waals surface area contributed by atoms with Crippen molar-refractivity contribution in [2.45, 2.75) is 0 Å². The highest BCUT2D eigenvalue weighted by molar-refractivity contribution is 6.31. The third-order valence-corrected chi connectivity index (χ3v) is 4.78. The lowest BCUT2D eigenvalue weighted by Gasteiger charge is -2.22. The van der Waals surface area contributed by atoms with Crippen molar-refractivity contribution >= 4 is 22.4 Å². The van der Waals surface area contributed by atoms with Crippen LogP contribution in [0.2, 0.25) is 5.02 Å². The molecule has 1 heterocycles. The number of hydrogen-bond donors (Lipinski definition) is 0. The third-order valence-electron chi connectivity index (χ3n) is 4.54. The molecule has 2 heteroatoms. The molecule has 0 saturated heterocycles. The van der Waals surface area contributed by atoms with Crippen molar-refractivity contribution in [1.29, 1.82) is 0 Å². The number of ether oxygens (including phenoxy) is 1. The van der Waals surface area contributed by atoms with Crippen molar-refractivity contribution < 1.29 is 4.74 Å². The molecule has 0 spiro atoms. The predicted molar refractivity (Wildman–Crippen MR) is 99.9 cm³/mol. The van der Waals surface area contributed by atoms with E-state index < -0.39 is 0 Å². The van der Waals surface area contributed by atoms with E-state index in [-0.39, 0.29) is 0 Å². The lowest BCUT2D eigenvalue weighted by Crippen LogP contribution is -1.97. The molecule has 0 atom stereocenters. The van der Waals surface area contributed by atoms with Crippen LogP contribution in [-0.4, -0.2) is 0 Å². The number of halogens is 1. The lowest BCUT2D eigenvalue weighted by molar-refractivity contribution is 0.487. The van der Waals surface area contributed by atoms with E-state index in [1.54, 1.807) is 0 Å². The second-order valence-electron chi connectivity index (χ2n) is 5.95. The zero-order chi connectivity index (χ0) is 16.1. The van der Waals surface area contributed by atoms with E-state index in [0.717, 1.165) is 22.4 Å². The molecule has 1 aliphatic rings. The Morgan fingerprint density at radius 3 is 2.33 bits per heavy atom. The second kappa shape index (κ2) is 5.12. The molecule has 0 N–H and O–H groups in total. The highest BCUT2D eigenvalue weighted by Gasteiger charge is 2.21. The second-order valence-corrected chi connectivity index (χ2v) is 6.38. The van der Waals surface area contributed by atoms with Gasteiger partial charge in [-0.15, -0.1) is 0 Å². The summed E-state index contributed by atoms with van der Waals surface area (Å²) in [6, 6.07) is 26.9. The maximum atomic E-state index is 6.14. The Morgan fingerprint density at radius 2 is 1.46 bits per heavy atom. The summed E-state index contributed by atoms with van der Waals surface area (Å²) >= 11 is 6.13. The molecule has 0 bridgehead atoms. The van der Waals surface area contributed by atoms with Crippen LogP contribution in [0.15, 0.2) is 78.9 Å². The first-order chi connectivity index (χ1) is 11.8. The zero-order valence-electron chi connectivity index (χ0n) is 12.8. The highest BCUT2D eigenvalue weighted by Crippen LogP contribution is 2.48. The van der Waals surface area contributed by atoms with Gasteiger partial charge in [-0.1, -0.05) is 66.2 Å². The Morgan fingerprint density at radius 1 is 0.625 bits per heavy atom. The largest absolute Gasteiger partial charge is 0.456 e. The van der Waals surface area contributed by atoms with Crippen LogP contribution >= 0.6 is 11.6 Å². The van der Waals surface area contributed by atoms with Crippen LogP contribution in [-0.2, 0) is 0 Å². The van der Waals surface area contributed by atoms with Crippen LogP contribution in [0.3, 0.4) is 0 Å². The van der Waals surface area contributed by atoms with Crippen molar-refractivity contribution in [3.63, 3.8) is 0 Å². The van der Waals surface area contributed by atoms with Crippen LogP contribution in [0, 0.1) is 0 Å². The van der Waals surface area contributed by atoms with Gasteiger partial charge < -0.3 is 4.74 Å². The van der Waals surface area contributed by atoms with Gasteiger partial charge in [0.15, 0.2) is 0 Å². The summed E-state index contributed by atoms with van der Waals surface area (Å²) in [6.07, 6.45) is 0. The summed E-state index contributed by atoms with van der Waals surface area (Å²) in [5.74, 6) is 1.70. The molecule has 0 radical (unpaired) electrons. The number of fused-ring (bicyclic) bond motifs is 2. The van der Waals surface area contributed by atoms with Crippen molar-refractivity contribution in [1.82, 2.24) is 0 Å². The minimum absolute atomic E-state index is 0.685. The average molecular weight is 329 g/mol. The van der Waals surface area contributed by atoms with Gasteiger partial charge in [0, 0.05) is 22.0 Å². The van der Waals surface area contributed by atoms with E-state index in [2.05, 4.69) is 54.6 Å². The topological polar surface area (TPSA) is 9.23 Å². The van der Waals surface area contributed by atoms with E-state index >= 15 is 0 Å². The van der Waals surface area contributed by atoms with Gasteiger partial charge in [-0.3, -0.25) is 0 Å². The molecule has 4 aromatic rings. The minimum Gasteiger partial charge on any atom is -0.456 e. The van der Waals surface area contributed by atoms with E-state index in [1.807, 2.05) is 24.3 Å². The highest BCUT2D eigenvalue weighted by atomic mass is 35.5. The maximum Gasteiger partial charge on any atom is 0.136 e. The molecular formula is C22H13ClO. The fourth-order valence-electron chi connectivity index (χ4n) is 3.47. The fraction of sp³-hybridized carbons (Fsp3) is 0. The van der Waals surface area contributed by atoms with Gasteiger partial charge in [-0.25, -0.2) is 0 Å². The molecule has 5 rings (SSSR count). The van der Waals surface area contributed by atoms with Crippen molar-refractivity contribution in [2.75, 3.05) is 0 Å². The Labute approximate surface area is 145 Å². The van der Waals surface area contributed by atoms with Crippen LogP contribution in [0.4, 0.5) is 0 Å². The molecule has 0 aliphatic carbocycles. The van der Waals surface area contributed by atoms with E-state index in [1.165, 1.54) is 22.1 Å². The quantitative estimate of drug-likeness (QED) is 0.324. The summed E-state index contributed by atoms with van der Waals surface area (Å²) in [4.78, 5) is 0. The lowest BCUT2D eigenvalue weighted by atomic mass is 9.90. The molecular weight excluding hydrogens is 316 g/mol. The molecule has 1 aliphatic heterocycles. The van der Waals surface area contributed by atoms with Crippen LogP contribution < -0.4 is 4.74 Å². The summed E-state index contributed by atoms with van der Waals surface area (Å²) < 4.78 is 6.14. The third kappa shape index (κ3) is 1.95. The molecule has 0 fully saturated rings. The van der Waals surface area contributed by atoms with Gasteiger partial charge in [-0.05, 0) is 40.3 Å². The van der Waals surface area contributed by atoms with Crippen molar-refractivity contribution in [2.24, 2.45) is 0 Å². The van der Waals surface area contributed by atoms with Crippen LogP contribution in [0.25, 0.3) is 33.0 Å². The number of hydrogen-bond acceptors (Lipinski definition) is 1. The first-order valence-corrected chi connectivity index (χ1v) is 8.28. The molecule has 24 heavy (non-hydrogen) atoms. The van der Waals surface area contributed by atoms with E-state index in [0.29, 0.717) is 5.02 Å². The Kier molecular flexibility index (Phi) is 2.91. The number of rotatable bonds is 1. The van der Waals surface area contributed by atoms with Crippen LogP contribution in [0.1, 0.15) is 0 Å². The first-order valence-electron chi connectivity index (χ1n) is 7.90. The van der Waals surface area contributed by atoms with Gasteiger partial charge in [0.25, 0.3) is 0 Å². The van der Waals surface area contributed by atoms with Gasteiger partial charge in [0.2, 0.25) is 0 Å². The predicted octanol–water partition coefficient (Wildman–Crippen LogP) is 6.93. The standard InChI is InChI=1S/C22H13ClO/c23-15-9-10-17-19-8-4-7-18-16(14-5-2-1-3-6-14)11-12-20(22(18)19)24-21(17)13-15/h1-13H. The van der Waals surface area contributed by atoms with Crippen molar-refractivity contribution in [3.05, 3.63) is 83.9 Å². The minimum atomic E-state index is 0.685. The first kappa shape index (κ1) is 13.6. The molecule has 4 aromatic carbocycles. The Bertz CT molecular complexity index is 1080. The normalized spacial score (nSPS) is 11.9. The molecule has 0 amide bonds. The molecule has 0 aromatic heterocycles. The van der Waals surface area contributed by atoms with E-state index in [9.17, 15) is 0 Å². The number of benzene rings is 4. The van der Waals surface area contributed by atoms with Crippen molar-refractivity contribution in [3.8, 4) is 33.8 Å².